The Morgan fingerprint density at radius 1 is 0.971 bits per heavy atom. The van der Waals surface area contributed by atoms with Crippen molar-refractivity contribution in [2.45, 2.75) is 13.1 Å². The summed E-state index contributed by atoms with van der Waals surface area (Å²) in [5, 5.41) is 14.5. The third-order valence-corrected chi connectivity index (χ3v) is 5.24. The minimum Gasteiger partial charge on any atom is -0.323 e. The van der Waals surface area contributed by atoms with E-state index in [0.29, 0.717) is 33.9 Å². The summed E-state index contributed by atoms with van der Waals surface area (Å²) in [6.45, 7) is 1.81. The van der Waals surface area contributed by atoms with Gasteiger partial charge in [-0.25, -0.2) is 14.8 Å². The Morgan fingerprint density at radius 2 is 1.69 bits per heavy atom. The smallest absolute Gasteiger partial charge is 0.323 e. The van der Waals surface area contributed by atoms with Crippen LogP contribution in [-0.2, 0) is 6.18 Å². The largest absolute Gasteiger partial charge is 0.417 e. The van der Waals surface area contributed by atoms with Gasteiger partial charge in [0, 0.05) is 29.2 Å². The van der Waals surface area contributed by atoms with Crippen LogP contribution in [0.2, 0.25) is 10.2 Å². The number of carbonyl (C=O) groups is 1. The van der Waals surface area contributed by atoms with Gasteiger partial charge in [0.05, 0.1) is 10.6 Å². The maximum absolute atomic E-state index is 13.0. The number of benzene rings is 2. The van der Waals surface area contributed by atoms with Crippen LogP contribution < -0.4 is 16.0 Å². The molecule has 0 saturated heterocycles. The predicted octanol–water partition coefficient (Wildman–Crippen LogP) is 6.89. The van der Waals surface area contributed by atoms with Gasteiger partial charge in [-0.15, -0.1) is 0 Å². The second kappa shape index (κ2) is 9.80. The van der Waals surface area contributed by atoms with Gasteiger partial charge < -0.3 is 16.0 Å². The molecule has 2 aromatic heterocycles. The maximum Gasteiger partial charge on any atom is 0.417 e. The van der Waals surface area contributed by atoms with E-state index in [9.17, 15) is 18.0 Å². The fourth-order valence-electron chi connectivity index (χ4n) is 3.16. The summed E-state index contributed by atoms with van der Waals surface area (Å²) in [6.07, 6.45) is -3.06. The Balaban J connectivity index is 1.46. The average molecular weight is 522 g/mol. The van der Waals surface area contributed by atoms with Gasteiger partial charge in [0.2, 0.25) is 0 Å². The number of alkyl halides is 3. The van der Waals surface area contributed by atoms with Crippen LogP contribution in [-0.4, -0.2) is 26.2 Å². The number of hydrogen-bond acceptors (Lipinski definition) is 5. The highest BCUT2D eigenvalue weighted by Crippen LogP contribution is 2.36. The van der Waals surface area contributed by atoms with Crippen molar-refractivity contribution < 1.29 is 18.0 Å². The number of halogens is 5. The lowest BCUT2D eigenvalue weighted by molar-refractivity contribution is -0.137. The third kappa shape index (κ3) is 6.00. The van der Waals surface area contributed by atoms with Crippen molar-refractivity contribution in [2.75, 3.05) is 16.0 Å². The Hall–Kier alpha value is -3.83. The van der Waals surface area contributed by atoms with Gasteiger partial charge in [-0.3, -0.25) is 5.10 Å². The number of aromatic amines is 1. The zero-order valence-corrected chi connectivity index (χ0v) is 19.3. The number of rotatable bonds is 5. The summed E-state index contributed by atoms with van der Waals surface area (Å²) < 4.78 is 39.1. The second-order valence-electron chi connectivity index (χ2n) is 7.29. The molecule has 2 amide bonds. The van der Waals surface area contributed by atoms with Crippen molar-refractivity contribution in [3.8, 4) is 11.4 Å². The van der Waals surface area contributed by atoms with Gasteiger partial charge in [0.1, 0.15) is 11.0 Å². The van der Waals surface area contributed by atoms with Gasteiger partial charge in [-0.1, -0.05) is 23.2 Å². The van der Waals surface area contributed by atoms with E-state index in [1.165, 1.54) is 6.07 Å². The number of carbonyl (C=O) groups excluding carboxylic acids is 1. The lowest BCUT2D eigenvalue weighted by atomic mass is 10.1. The van der Waals surface area contributed by atoms with E-state index in [4.69, 9.17) is 23.2 Å². The molecule has 35 heavy (non-hydrogen) atoms. The first kappa shape index (κ1) is 24.3. The minimum absolute atomic E-state index is 0.0523. The van der Waals surface area contributed by atoms with E-state index in [1.807, 2.05) is 6.92 Å². The summed E-state index contributed by atoms with van der Waals surface area (Å²) in [7, 11) is 0. The summed E-state index contributed by atoms with van der Waals surface area (Å²) in [5.74, 6) is 1.43. The van der Waals surface area contributed by atoms with Gasteiger partial charge in [-0.05, 0) is 55.0 Å². The first-order valence-corrected chi connectivity index (χ1v) is 10.7. The predicted molar refractivity (Wildman–Crippen MR) is 128 cm³/mol. The summed E-state index contributed by atoms with van der Waals surface area (Å²) in [6, 6.07) is 10.7. The highest BCUT2D eigenvalue weighted by Gasteiger charge is 2.33. The van der Waals surface area contributed by atoms with Crippen molar-refractivity contribution in [1.29, 1.82) is 0 Å². The van der Waals surface area contributed by atoms with Gasteiger partial charge >= 0.3 is 12.2 Å². The monoisotopic (exact) mass is 521 g/mol. The Kier molecular flexibility index (Phi) is 6.81. The maximum atomic E-state index is 13.0. The lowest BCUT2D eigenvalue weighted by Crippen LogP contribution is -2.20. The number of aryl methyl sites for hydroxylation is 1. The Morgan fingerprint density at radius 3 is 2.34 bits per heavy atom. The number of nitrogens with one attached hydrogen (secondary N) is 4. The Bertz CT molecular complexity index is 1390. The minimum atomic E-state index is -4.64. The van der Waals surface area contributed by atoms with E-state index >= 15 is 0 Å². The average Bonchev–Trinajstić information content (AvgIpc) is 3.19. The summed E-state index contributed by atoms with van der Waals surface area (Å²) in [5.41, 5.74) is 0.808. The zero-order chi connectivity index (χ0) is 25.2. The van der Waals surface area contributed by atoms with Crippen LogP contribution in [0.4, 0.5) is 41.0 Å². The second-order valence-corrected chi connectivity index (χ2v) is 8.11. The van der Waals surface area contributed by atoms with Crippen LogP contribution in [0.15, 0.2) is 54.7 Å². The number of amides is 2. The molecule has 180 valence electrons. The van der Waals surface area contributed by atoms with Gasteiger partial charge in [-0.2, -0.15) is 18.3 Å². The van der Waals surface area contributed by atoms with Crippen LogP contribution in [0, 0.1) is 6.92 Å². The molecule has 0 saturated carbocycles. The SMILES string of the molecule is Cc1cc(NC(=O)Nc2ccc(Cl)c(C(F)(F)F)c2)ccc1-c1nccc(Nc2cc(Cl)[nH]n2)n1. The fraction of sp³-hybridized carbons (Fsp3) is 0.0909. The van der Waals surface area contributed by atoms with Crippen molar-refractivity contribution in [2.24, 2.45) is 0 Å². The van der Waals surface area contributed by atoms with Crippen molar-refractivity contribution in [1.82, 2.24) is 20.2 Å². The molecule has 0 bridgehead atoms. The van der Waals surface area contributed by atoms with Gasteiger partial charge in [0.15, 0.2) is 11.6 Å². The normalized spacial score (nSPS) is 11.3. The molecule has 2 heterocycles. The molecule has 13 heteroatoms. The van der Waals surface area contributed by atoms with Crippen molar-refractivity contribution >= 4 is 52.2 Å². The summed E-state index contributed by atoms with van der Waals surface area (Å²) >= 11 is 11.4. The lowest BCUT2D eigenvalue weighted by Gasteiger charge is -2.13. The van der Waals surface area contributed by atoms with E-state index in [2.05, 4.69) is 36.1 Å². The molecule has 0 unspecified atom stereocenters. The number of anilines is 4. The molecule has 0 aliphatic heterocycles. The molecular formula is C22H16Cl2F3N7O. The van der Waals surface area contributed by atoms with Crippen LogP contribution >= 0.6 is 23.2 Å². The molecule has 0 spiro atoms. The molecule has 0 aliphatic carbocycles. The molecule has 8 nitrogen and oxygen atoms in total. The highest BCUT2D eigenvalue weighted by atomic mass is 35.5. The molecule has 4 rings (SSSR count). The topological polar surface area (TPSA) is 108 Å². The van der Waals surface area contributed by atoms with Gasteiger partial charge in [0.25, 0.3) is 0 Å². The molecule has 0 radical (unpaired) electrons. The standard InChI is InChI=1S/C22H16Cl2F3N7O/c1-11-8-12(29-21(35)30-13-3-5-16(23)15(9-13)22(25,26)27)2-4-14(11)20-28-7-6-18(32-20)31-19-10-17(24)33-34-19/h2-10H,1H3,(H2,29,30,35)(H2,28,31,32,33,34). The van der Waals surface area contributed by atoms with Crippen molar-refractivity contribution in [3.05, 3.63) is 76.0 Å². The van der Waals surface area contributed by atoms with E-state index < -0.39 is 22.8 Å². The number of nitrogens with zero attached hydrogens (tertiary/aromatic N) is 3. The third-order valence-electron chi connectivity index (χ3n) is 4.71. The Labute approximate surface area is 206 Å². The molecule has 4 N–H and O–H groups in total. The van der Waals surface area contributed by atoms with Crippen molar-refractivity contribution in [3.63, 3.8) is 0 Å². The molecule has 0 fully saturated rings. The first-order valence-electron chi connectivity index (χ1n) is 9.95. The van der Waals surface area contributed by atoms with Crippen LogP contribution in [0.3, 0.4) is 0 Å². The van der Waals surface area contributed by atoms with E-state index in [1.54, 1.807) is 36.5 Å². The number of H-pyrrole nitrogens is 1. The number of urea groups is 1. The number of aromatic nitrogens is 4. The highest BCUT2D eigenvalue weighted by molar-refractivity contribution is 6.31. The molecule has 0 aliphatic rings. The quantitative estimate of drug-likeness (QED) is 0.228. The zero-order valence-electron chi connectivity index (χ0n) is 17.8. The van der Waals surface area contributed by atoms with E-state index in [0.717, 1.165) is 17.7 Å². The molecule has 2 aromatic carbocycles. The molecule has 0 atom stereocenters. The van der Waals surface area contributed by atoms with Crippen LogP contribution in [0.1, 0.15) is 11.1 Å². The number of hydrogen-bond donors (Lipinski definition) is 4. The van der Waals surface area contributed by atoms with Crippen LogP contribution in [0.5, 0.6) is 0 Å². The fourth-order valence-corrected chi connectivity index (χ4v) is 3.53. The molecule has 4 aromatic rings. The van der Waals surface area contributed by atoms with E-state index in [-0.39, 0.29) is 5.69 Å². The molecular weight excluding hydrogens is 506 g/mol. The first-order chi connectivity index (χ1) is 16.6. The van der Waals surface area contributed by atoms with Crippen LogP contribution in [0.25, 0.3) is 11.4 Å². The summed E-state index contributed by atoms with van der Waals surface area (Å²) in [4.78, 5) is 21.1.